The van der Waals surface area contributed by atoms with Crippen LogP contribution < -0.4 is 0 Å². The van der Waals surface area contributed by atoms with E-state index in [1.54, 1.807) is 6.92 Å². The van der Waals surface area contributed by atoms with E-state index in [2.05, 4.69) is 46.2 Å². The van der Waals surface area contributed by atoms with Gasteiger partial charge in [-0.25, -0.2) is 0 Å². The minimum absolute atomic E-state index is 0.245. The second-order valence-electron chi connectivity index (χ2n) is 6.44. The van der Waals surface area contributed by atoms with Gasteiger partial charge in [-0.3, -0.25) is 9.69 Å². The van der Waals surface area contributed by atoms with Gasteiger partial charge in [0.05, 0.1) is 0 Å². The first-order chi connectivity index (χ1) is 10.8. The van der Waals surface area contributed by atoms with Crippen molar-refractivity contribution in [2.24, 2.45) is 0 Å². The van der Waals surface area contributed by atoms with E-state index >= 15 is 0 Å². The summed E-state index contributed by atoms with van der Waals surface area (Å²) in [5.41, 5.74) is 1.25. The molecule has 3 nitrogen and oxygen atoms in total. The highest BCUT2D eigenvalue weighted by Crippen LogP contribution is 2.29. The number of hydrogen-bond acceptors (Lipinski definition) is 2. The molecule has 0 aliphatic carbocycles. The van der Waals surface area contributed by atoms with Crippen LogP contribution in [-0.2, 0) is 4.79 Å². The summed E-state index contributed by atoms with van der Waals surface area (Å²) < 4.78 is 0. The van der Waals surface area contributed by atoms with Gasteiger partial charge in [0.2, 0.25) is 5.91 Å². The third kappa shape index (κ3) is 3.41. The first kappa shape index (κ1) is 15.3. The Bertz CT molecular complexity index is 525. The maximum atomic E-state index is 11.8. The lowest BCUT2D eigenvalue weighted by Crippen LogP contribution is -2.47. The highest BCUT2D eigenvalue weighted by Gasteiger charge is 2.38. The molecule has 1 amide bonds. The Morgan fingerprint density at radius 1 is 1.14 bits per heavy atom. The lowest BCUT2D eigenvalue weighted by molar-refractivity contribution is -0.130. The molecule has 2 aliphatic heterocycles. The minimum atomic E-state index is 0.245. The molecule has 2 atom stereocenters. The van der Waals surface area contributed by atoms with Crippen LogP contribution in [0.4, 0.5) is 0 Å². The van der Waals surface area contributed by atoms with Crippen molar-refractivity contribution in [3.8, 4) is 0 Å². The van der Waals surface area contributed by atoms with E-state index in [4.69, 9.17) is 0 Å². The second kappa shape index (κ2) is 7.10. The van der Waals surface area contributed by atoms with E-state index in [0.29, 0.717) is 12.1 Å². The van der Waals surface area contributed by atoms with E-state index < -0.39 is 0 Å². The zero-order valence-corrected chi connectivity index (χ0v) is 13.4. The molecule has 0 spiro atoms. The number of benzene rings is 1. The molecule has 2 heterocycles. The summed E-state index contributed by atoms with van der Waals surface area (Å²) in [6, 6.07) is 11.4. The van der Waals surface area contributed by atoms with Crippen LogP contribution in [0.15, 0.2) is 36.4 Å². The van der Waals surface area contributed by atoms with Crippen molar-refractivity contribution in [1.82, 2.24) is 9.80 Å². The molecule has 3 rings (SSSR count). The number of rotatable bonds is 4. The van der Waals surface area contributed by atoms with Crippen LogP contribution >= 0.6 is 0 Å². The van der Waals surface area contributed by atoms with Gasteiger partial charge in [0.15, 0.2) is 0 Å². The zero-order valence-electron chi connectivity index (χ0n) is 13.4. The SMILES string of the molecule is CC(=O)N1CCCC1C1CCCN1C/C=C/c1ccccc1. The van der Waals surface area contributed by atoms with Gasteiger partial charge in [-0.2, -0.15) is 0 Å². The predicted molar refractivity (Wildman–Crippen MR) is 90.5 cm³/mol. The van der Waals surface area contributed by atoms with Gasteiger partial charge < -0.3 is 4.90 Å². The summed E-state index contributed by atoms with van der Waals surface area (Å²) >= 11 is 0. The summed E-state index contributed by atoms with van der Waals surface area (Å²) in [6.07, 6.45) is 9.28. The molecule has 0 N–H and O–H groups in total. The number of amides is 1. The Labute approximate surface area is 133 Å². The molecule has 2 unspecified atom stereocenters. The first-order valence-electron chi connectivity index (χ1n) is 8.48. The molecule has 2 saturated heterocycles. The standard InChI is InChI=1S/C19H26N2O/c1-16(22)21-15-7-12-19(21)18-11-6-14-20(18)13-5-10-17-8-3-2-4-9-17/h2-5,8-10,18-19H,6-7,11-15H2,1H3/b10-5+. The maximum Gasteiger partial charge on any atom is 0.219 e. The van der Waals surface area contributed by atoms with Crippen molar-refractivity contribution in [3.05, 3.63) is 42.0 Å². The average molecular weight is 298 g/mol. The lowest BCUT2D eigenvalue weighted by Gasteiger charge is -2.34. The van der Waals surface area contributed by atoms with Gasteiger partial charge in [0, 0.05) is 32.1 Å². The normalized spacial score (nSPS) is 26.1. The number of carbonyl (C=O) groups is 1. The highest BCUT2D eigenvalue weighted by molar-refractivity contribution is 5.74. The Morgan fingerprint density at radius 2 is 1.86 bits per heavy atom. The lowest BCUT2D eigenvalue weighted by atomic mass is 10.0. The van der Waals surface area contributed by atoms with Gasteiger partial charge in [0.1, 0.15) is 0 Å². The van der Waals surface area contributed by atoms with Crippen LogP contribution in [0.5, 0.6) is 0 Å². The molecule has 2 aliphatic rings. The monoisotopic (exact) mass is 298 g/mol. The minimum Gasteiger partial charge on any atom is -0.338 e. The van der Waals surface area contributed by atoms with E-state index in [-0.39, 0.29) is 5.91 Å². The van der Waals surface area contributed by atoms with Gasteiger partial charge in [-0.05, 0) is 37.8 Å². The van der Waals surface area contributed by atoms with Crippen LogP contribution in [0, 0.1) is 0 Å². The summed E-state index contributed by atoms with van der Waals surface area (Å²) in [7, 11) is 0. The molecule has 0 aromatic heterocycles. The summed E-state index contributed by atoms with van der Waals surface area (Å²) in [6.45, 7) is 4.81. The predicted octanol–water partition coefficient (Wildman–Crippen LogP) is 3.18. The Hall–Kier alpha value is -1.61. The Balaban J connectivity index is 1.61. The smallest absolute Gasteiger partial charge is 0.219 e. The molecule has 118 valence electrons. The first-order valence-corrected chi connectivity index (χ1v) is 8.48. The second-order valence-corrected chi connectivity index (χ2v) is 6.44. The zero-order chi connectivity index (χ0) is 15.4. The number of carbonyl (C=O) groups excluding carboxylic acids is 1. The van der Waals surface area contributed by atoms with Crippen molar-refractivity contribution in [3.63, 3.8) is 0 Å². The molecular formula is C19H26N2O. The van der Waals surface area contributed by atoms with E-state index in [0.717, 1.165) is 26.1 Å². The molecule has 1 aromatic rings. The Kier molecular flexibility index (Phi) is 4.94. The van der Waals surface area contributed by atoms with Crippen molar-refractivity contribution >= 4 is 12.0 Å². The summed E-state index contributed by atoms with van der Waals surface area (Å²) in [5, 5.41) is 0. The quantitative estimate of drug-likeness (QED) is 0.852. The largest absolute Gasteiger partial charge is 0.338 e. The van der Waals surface area contributed by atoms with Crippen LogP contribution in [-0.4, -0.2) is 47.4 Å². The van der Waals surface area contributed by atoms with Crippen LogP contribution in [0.2, 0.25) is 0 Å². The van der Waals surface area contributed by atoms with Crippen LogP contribution in [0.25, 0.3) is 6.08 Å². The highest BCUT2D eigenvalue weighted by atomic mass is 16.2. The fourth-order valence-corrected chi connectivity index (χ4v) is 3.99. The topological polar surface area (TPSA) is 23.6 Å². The fourth-order valence-electron chi connectivity index (χ4n) is 3.99. The maximum absolute atomic E-state index is 11.8. The van der Waals surface area contributed by atoms with Crippen molar-refractivity contribution in [2.45, 2.75) is 44.7 Å². The molecule has 0 saturated carbocycles. The van der Waals surface area contributed by atoms with E-state index in [1.165, 1.54) is 24.8 Å². The van der Waals surface area contributed by atoms with Gasteiger partial charge in [-0.15, -0.1) is 0 Å². The Morgan fingerprint density at radius 3 is 2.64 bits per heavy atom. The van der Waals surface area contributed by atoms with Crippen molar-refractivity contribution < 1.29 is 4.79 Å². The van der Waals surface area contributed by atoms with Gasteiger partial charge >= 0.3 is 0 Å². The third-order valence-corrected chi connectivity index (χ3v) is 5.01. The van der Waals surface area contributed by atoms with Crippen molar-refractivity contribution in [2.75, 3.05) is 19.6 Å². The van der Waals surface area contributed by atoms with Gasteiger partial charge in [-0.1, -0.05) is 42.5 Å². The number of nitrogens with zero attached hydrogens (tertiary/aromatic N) is 2. The van der Waals surface area contributed by atoms with Gasteiger partial charge in [0.25, 0.3) is 0 Å². The van der Waals surface area contributed by atoms with E-state index in [1.807, 2.05) is 6.07 Å². The molecule has 22 heavy (non-hydrogen) atoms. The van der Waals surface area contributed by atoms with Crippen molar-refractivity contribution in [1.29, 1.82) is 0 Å². The fraction of sp³-hybridized carbons (Fsp3) is 0.526. The third-order valence-electron chi connectivity index (χ3n) is 5.01. The molecular weight excluding hydrogens is 272 g/mol. The van der Waals surface area contributed by atoms with Crippen LogP contribution in [0.3, 0.4) is 0 Å². The number of hydrogen-bond donors (Lipinski definition) is 0. The average Bonchev–Trinajstić information content (AvgIpc) is 3.16. The molecule has 3 heteroatoms. The van der Waals surface area contributed by atoms with Crippen LogP contribution in [0.1, 0.15) is 38.2 Å². The summed E-state index contributed by atoms with van der Waals surface area (Å²) in [5.74, 6) is 0.245. The number of likely N-dealkylation sites (tertiary alicyclic amines) is 2. The van der Waals surface area contributed by atoms with E-state index in [9.17, 15) is 4.79 Å². The molecule has 0 radical (unpaired) electrons. The molecule has 0 bridgehead atoms. The molecule has 1 aromatic carbocycles. The molecule has 2 fully saturated rings. The summed E-state index contributed by atoms with van der Waals surface area (Å²) in [4.78, 5) is 16.5.